The molecule has 1 nitrogen and oxygen atoms in total. The Kier molecular flexibility index (Phi) is 17.2. The molecule has 0 aliphatic carbocycles. The fourth-order valence-electron chi connectivity index (χ4n) is 0. The molecule has 0 amide bonds. The third-order valence-electron chi connectivity index (χ3n) is 0.1000. The first-order valence-electron chi connectivity index (χ1n) is 1.13. The maximum absolute atomic E-state index is 7.80. The minimum absolute atomic E-state index is 0. The zero-order valence-corrected chi connectivity index (χ0v) is 3.20. The molecule has 3 heteroatoms. The molecule has 5 heavy (non-hydrogen) atoms. The summed E-state index contributed by atoms with van der Waals surface area (Å²) < 4.78 is 0. The number of rotatable bonds is 1. The normalized spacial score (nSPS) is 6.00. The summed E-state index contributed by atoms with van der Waals surface area (Å²) in [5.74, 6) is 0.569. The Balaban J connectivity index is 0. The van der Waals surface area contributed by atoms with E-state index in [0.29, 0.717) is 5.75 Å². The number of thiol groups is 1. The molecular weight excluding hydrogens is 95.1 g/mol. The van der Waals surface area contributed by atoms with Crippen molar-refractivity contribution in [3.05, 3.63) is 0 Å². The van der Waals surface area contributed by atoms with Crippen LogP contribution in [0.1, 0.15) is 0 Å². The van der Waals surface area contributed by atoms with Crippen LogP contribution in [0, 0.1) is 0 Å². The molecule has 0 rings (SSSR count). The van der Waals surface area contributed by atoms with Crippen LogP contribution < -0.4 is 0 Å². The molecule has 1 N–H and O–H groups in total. The van der Waals surface area contributed by atoms with Gasteiger partial charge >= 0.3 is 29.6 Å². The number of hydrogen-bond donors (Lipinski definition) is 2. The van der Waals surface area contributed by atoms with Crippen LogP contribution in [0.3, 0.4) is 0 Å². The summed E-state index contributed by atoms with van der Waals surface area (Å²) in [5.41, 5.74) is 0. The summed E-state index contributed by atoms with van der Waals surface area (Å²) in [6, 6.07) is 0. The van der Waals surface area contributed by atoms with Gasteiger partial charge in [0.25, 0.3) is 0 Å². The molecule has 0 saturated heterocycles. The predicted molar refractivity (Wildman–Crippen MR) is 28.1 cm³/mol. The topological polar surface area (TPSA) is 20.2 Å². The first kappa shape index (κ1) is 9.58. The fourth-order valence-corrected chi connectivity index (χ4v) is 0. The minimum atomic E-state index is 0. The Morgan fingerprint density at radius 3 is 1.80 bits per heavy atom. The molecule has 0 atom stereocenters. The number of aliphatic hydroxyl groups is 1. The van der Waals surface area contributed by atoms with Crippen molar-refractivity contribution in [2.24, 2.45) is 0 Å². The van der Waals surface area contributed by atoms with E-state index in [1.807, 2.05) is 0 Å². The first-order valence-corrected chi connectivity index (χ1v) is 1.76. The van der Waals surface area contributed by atoms with E-state index in [1.54, 1.807) is 0 Å². The average Bonchev–Trinajstić information content (AvgIpc) is 1.37. The second kappa shape index (κ2) is 9.00. The molecule has 0 aromatic rings. The van der Waals surface area contributed by atoms with E-state index in [2.05, 4.69) is 12.6 Å². The van der Waals surface area contributed by atoms with Gasteiger partial charge in [0, 0.05) is 5.75 Å². The average molecular weight is 102 g/mol. The van der Waals surface area contributed by atoms with Crippen LogP contribution in [0.2, 0.25) is 0 Å². The van der Waals surface area contributed by atoms with Gasteiger partial charge in [-0.1, -0.05) is 0 Å². The van der Waals surface area contributed by atoms with Crippen LogP contribution >= 0.6 is 12.6 Å². The third-order valence-corrected chi connectivity index (χ3v) is 0.300. The van der Waals surface area contributed by atoms with Crippen molar-refractivity contribution < 1.29 is 5.11 Å². The Hall–Kier alpha value is 1.31. The van der Waals surface area contributed by atoms with Crippen molar-refractivity contribution in [2.45, 2.75) is 0 Å². The van der Waals surface area contributed by atoms with Gasteiger partial charge in [-0.3, -0.25) is 0 Å². The summed E-state index contributed by atoms with van der Waals surface area (Å²) in [5, 5.41) is 7.80. The molecule has 28 valence electrons. The standard InChI is InChI=1S/C2H6OS.Na.H/c3-1-2-4;;/h3-4H,1-2H2;;. The second-order valence-electron chi connectivity index (χ2n) is 0.447. The van der Waals surface area contributed by atoms with Gasteiger partial charge in [0.1, 0.15) is 0 Å². The quantitative estimate of drug-likeness (QED) is 0.330. The SMILES string of the molecule is OCCS.[NaH]. The van der Waals surface area contributed by atoms with Gasteiger partial charge in [-0.05, 0) is 0 Å². The van der Waals surface area contributed by atoms with Gasteiger partial charge in [-0.15, -0.1) is 0 Å². The summed E-state index contributed by atoms with van der Waals surface area (Å²) in [7, 11) is 0. The molecule has 0 saturated carbocycles. The Bertz CT molecular complexity index is 11.6. The molecule has 0 aliphatic rings. The summed E-state index contributed by atoms with van der Waals surface area (Å²) in [6.45, 7) is 0.184. The van der Waals surface area contributed by atoms with Gasteiger partial charge in [-0.2, -0.15) is 12.6 Å². The van der Waals surface area contributed by atoms with Crippen molar-refractivity contribution in [1.82, 2.24) is 0 Å². The van der Waals surface area contributed by atoms with Crippen molar-refractivity contribution in [1.29, 1.82) is 0 Å². The zero-order valence-electron chi connectivity index (χ0n) is 2.31. The molecule has 0 fully saturated rings. The first-order chi connectivity index (χ1) is 1.91. The molecule has 0 unspecified atom stereocenters. The van der Waals surface area contributed by atoms with Crippen LogP contribution in [0.5, 0.6) is 0 Å². The summed E-state index contributed by atoms with van der Waals surface area (Å²) in [4.78, 5) is 0. The molecule has 0 bridgehead atoms. The molecule has 0 aromatic heterocycles. The van der Waals surface area contributed by atoms with Crippen molar-refractivity contribution in [3.8, 4) is 0 Å². The van der Waals surface area contributed by atoms with E-state index in [-0.39, 0.29) is 36.2 Å². The van der Waals surface area contributed by atoms with Crippen molar-refractivity contribution in [2.75, 3.05) is 12.4 Å². The Morgan fingerprint density at radius 1 is 1.60 bits per heavy atom. The van der Waals surface area contributed by atoms with E-state index in [4.69, 9.17) is 5.11 Å². The molecule has 0 aromatic carbocycles. The Labute approximate surface area is 59.5 Å². The molecular formula is C2H7NaOS. The van der Waals surface area contributed by atoms with Gasteiger partial charge in [0.15, 0.2) is 0 Å². The van der Waals surface area contributed by atoms with E-state index in [1.165, 1.54) is 0 Å². The van der Waals surface area contributed by atoms with Crippen LogP contribution in [0.15, 0.2) is 0 Å². The molecule has 0 aliphatic heterocycles. The molecule has 0 radical (unpaired) electrons. The summed E-state index contributed by atoms with van der Waals surface area (Å²) >= 11 is 3.67. The van der Waals surface area contributed by atoms with Crippen LogP contribution in [0.25, 0.3) is 0 Å². The van der Waals surface area contributed by atoms with E-state index in [0.717, 1.165) is 0 Å². The van der Waals surface area contributed by atoms with Gasteiger partial charge < -0.3 is 5.11 Å². The monoisotopic (exact) mass is 102 g/mol. The van der Waals surface area contributed by atoms with Gasteiger partial charge in [0.05, 0.1) is 6.61 Å². The van der Waals surface area contributed by atoms with Crippen molar-refractivity contribution >= 4 is 42.2 Å². The zero-order chi connectivity index (χ0) is 3.41. The predicted octanol–water partition coefficient (Wildman–Crippen LogP) is -0.740. The van der Waals surface area contributed by atoms with Crippen molar-refractivity contribution in [3.63, 3.8) is 0 Å². The Morgan fingerprint density at radius 2 is 1.80 bits per heavy atom. The number of aliphatic hydroxyl groups excluding tert-OH is 1. The second-order valence-corrected chi connectivity index (χ2v) is 0.894. The number of hydrogen-bond acceptors (Lipinski definition) is 2. The van der Waals surface area contributed by atoms with E-state index < -0.39 is 0 Å². The van der Waals surface area contributed by atoms with Gasteiger partial charge in [-0.25, -0.2) is 0 Å². The van der Waals surface area contributed by atoms with E-state index in [9.17, 15) is 0 Å². The van der Waals surface area contributed by atoms with Crippen LogP contribution in [-0.4, -0.2) is 47.0 Å². The van der Waals surface area contributed by atoms with Gasteiger partial charge in [0.2, 0.25) is 0 Å². The molecule has 0 spiro atoms. The third kappa shape index (κ3) is 10.9. The van der Waals surface area contributed by atoms with E-state index >= 15 is 0 Å². The van der Waals surface area contributed by atoms with Crippen LogP contribution in [0.4, 0.5) is 0 Å². The molecule has 0 heterocycles. The summed E-state index contributed by atoms with van der Waals surface area (Å²) in [6.07, 6.45) is 0. The maximum atomic E-state index is 7.80. The van der Waals surface area contributed by atoms with Crippen LogP contribution in [-0.2, 0) is 0 Å². The fraction of sp³-hybridized carbons (Fsp3) is 1.00.